The third-order valence-corrected chi connectivity index (χ3v) is 2.06. The van der Waals surface area contributed by atoms with Crippen molar-refractivity contribution in [1.82, 2.24) is 5.32 Å². The topological polar surface area (TPSA) is 51.2 Å². The van der Waals surface area contributed by atoms with Gasteiger partial charge in [-0.15, -0.1) is 0 Å². The smallest absolute Gasteiger partial charge is 0.120 e. The van der Waals surface area contributed by atoms with Crippen LogP contribution < -0.4 is 11.1 Å². The molecule has 0 unspecified atom stereocenters. The summed E-state index contributed by atoms with van der Waals surface area (Å²) in [5.74, 6) is 1.03. The van der Waals surface area contributed by atoms with Crippen molar-refractivity contribution in [3.05, 3.63) is 23.7 Å². The molecule has 0 aliphatic heterocycles. The van der Waals surface area contributed by atoms with E-state index in [2.05, 4.69) is 12.2 Å². The summed E-state index contributed by atoms with van der Waals surface area (Å²) in [4.78, 5) is 0. The summed E-state index contributed by atoms with van der Waals surface area (Å²) >= 11 is 0. The molecule has 0 aliphatic carbocycles. The van der Waals surface area contributed by atoms with E-state index in [4.69, 9.17) is 10.2 Å². The number of nitrogens with one attached hydrogen (secondary N) is 1. The van der Waals surface area contributed by atoms with E-state index in [-0.39, 0.29) is 0 Å². The first-order chi connectivity index (χ1) is 6.34. The predicted molar refractivity (Wildman–Crippen MR) is 53.4 cm³/mol. The van der Waals surface area contributed by atoms with Gasteiger partial charge in [0.05, 0.1) is 12.8 Å². The van der Waals surface area contributed by atoms with E-state index in [1.54, 1.807) is 6.26 Å². The summed E-state index contributed by atoms with van der Waals surface area (Å²) < 4.78 is 5.28. The van der Waals surface area contributed by atoms with Gasteiger partial charge in [0.25, 0.3) is 0 Å². The molecule has 0 spiro atoms. The molecular weight excluding hydrogens is 164 g/mol. The third kappa shape index (κ3) is 3.61. The van der Waals surface area contributed by atoms with Crippen LogP contribution in [0, 0.1) is 6.92 Å². The first-order valence-corrected chi connectivity index (χ1v) is 4.78. The lowest BCUT2D eigenvalue weighted by Crippen LogP contribution is -2.15. The fourth-order valence-corrected chi connectivity index (χ4v) is 1.18. The van der Waals surface area contributed by atoms with Gasteiger partial charge in [-0.3, -0.25) is 0 Å². The van der Waals surface area contributed by atoms with Crippen LogP contribution >= 0.6 is 0 Å². The lowest BCUT2D eigenvalue weighted by molar-refractivity contribution is 0.477. The molecule has 1 aromatic heterocycles. The van der Waals surface area contributed by atoms with Crippen molar-refractivity contribution in [3.63, 3.8) is 0 Å². The van der Waals surface area contributed by atoms with Crippen LogP contribution in [0.2, 0.25) is 0 Å². The second kappa shape index (κ2) is 5.78. The molecule has 74 valence electrons. The van der Waals surface area contributed by atoms with Gasteiger partial charge in [0, 0.05) is 0 Å². The van der Waals surface area contributed by atoms with Gasteiger partial charge in [0.15, 0.2) is 0 Å². The number of aryl methyl sites for hydroxylation is 1. The third-order valence-electron chi connectivity index (χ3n) is 2.06. The Morgan fingerprint density at radius 2 is 2.31 bits per heavy atom. The highest BCUT2D eigenvalue weighted by Crippen LogP contribution is 2.07. The number of rotatable bonds is 6. The highest BCUT2D eigenvalue weighted by molar-refractivity contribution is 5.13. The quantitative estimate of drug-likeness (QED) is 0.654. The van der Waals surface area contributed by atoms with Crippen molar-refractivity contribution in [3.8, 4) is 0 Å². The molecule has 1 rings (SSSR count). The van der Waals surface area contributed by atoms with E-state index in [1.807, 2.05) is 6.07 Å². The monoisotopic (exact) mass is 182 g/mol. The molecule has 3 N–H and O–H groups in total. The van der Waals surface area contributed by atoms with Gasteiger partial charge in [-0.05, 0) is 44.5 Å². The Balaban J connectivity index is 2.10. The summed E-state index contributed by atoms with van der Waals surface area (Å²) in [7, 11) is 0. The van der Waals surface area contributed by atoms with Crippen LogP contribution in [0.5, 0.6) is 0 Å². The Morgan fingerprint density at radius 3 is 2.92 bits per heavy atom. The molecule has 0 amide bonds. The van der Waals surface area contributed by atoms with Crippen LogP contribution in [0.15, 0.2) is 16.7 Å². The van der Waals surface area contributed by atoms with Gasteiger partial charge in [0.2, 0.25) is 0 Å². The number of unbranched alkanes of at least 4 members (excludes halogenated alkanes) is 1. The molecule has 1 heterocycles. The largest absolute Gasteiger partial charge is 0.468 e. The van der Waals surface area contributed by atoms with E-state index < -0.39 is 0 Å². The molecule has 0 saturated heterocycles. The van der Waals surface area contributed by atoms with Gasteiger partial charge >= 0.3 is 0 Å². The summed E-state index contributed by atoms with van der Waals surface area (Å²) in [5.41, 5.74) is 6.60. The van der Waals surface area contributed by atoms with Gasteiger partial charge in [-0.2, -0.15) is 0 Å². The number of hydrogen-bond acceptors (Lipinski definition) is 3. The van der Waals surface area contributed by atoms with E-state index in [0.717, 1.165) is 38.2 Å². The molecule has 0 fully saturated rings. The Labute approximate surface area is 79.3 Å². The average Bonchev–Trinajstić information content (AvgIpc) is 2.52. The van der Waals surface area contributed by atoms with Crippen molar-refractivity contribution in [2.75, 3.05) is 13.1 Å². The maximum Gasteiger partial charge on any atom is 0.120 e. The summed E-state index contributed by atoms with van der Waals surface area (Å²) in [6, 6.07) is 1.98. The summed E-state index contributed by atoms with van der Waals surface area (Å²) in [6.07, 6.45) is 3.95. The minimum absolute atomic E-state index is 0.779. The molecule has 3 nitrogen and oxygen atoms in total. The zero-order chi connectivity index (χ0) is 9.52. The Morgan fingerprint density at radius 1 is 1.46 bits per heavy atom. The van der Waals surface area contributed by atoms with Crippen LogP contribution in [-0.2, 0) is 6.54 Å². The predicted octanol–water partition coefficient (Wildman–Crippen LogP) is 1.42. The second-order valence-corrected chi connectivity index (χ2v) is 3.20. The summed E-state index contributed by atoms with van der Waals surface area (Å²) in [6.45, 7) is 4.67. The molecule has 0 bridgehead atoms. The molecule has 0 saturated carbocycles. The van der Waals surface area contributed by atoms with E-state index in [1.165, 1.54) is 5.56 Å². The number of hydrogen-bond donors (Lipinski definition) is 2. The van der Waals surface area contributed by atoms with Gasteiger partial charge < -0.3 is 15.5 Å². The van der Waals surface area contributed by atoms with Crippen LogP contribution in [-0.4, -0.2) is 13.1 Å². The van der Waals surface area contributed by atoms with Gasteiger partial charge in [0.1, 0.15) is 5.76 Å². The molecular formula is C10H18N2O. The lowest BCUT2D eigenvalue weighted by atomic mass is 10.2. The SMILES string of the molecule is Cc1ccoc1CNCCCCN. The fourth-order valence-electron chi connectivity index (χ4n) is 1.18. The highest BCUT2D eigenvalue weighted by atomic mass is 16.3. The van der Waals surface area contributed by atoms with Gasteiger partial charge in [-0.1, -0.05) is 0 Å². The molecule has 13 heavy (non-hydrogen) atoms. The Bertz CT molecular complexity index is 233. The van der Waals surface area contributed by atoms with Crippen LogP contribution in [0.1, 0.15) is 24.2 Å². The van der Waals surface area contributed by atoms with E-state index in [9.17, 15) is 0 Å². The van der Waals surface area contributed by atoms with Gasteiger partial charge in [-0.25, -0.2) is 0 Å². The molecule has 1 aromatic rings. The van der Waals surface area contributed by atoms with Crippen LogP contribution in [0.25, 0.3) is 0 Å². The Kier molecular flexibility index (Phi) is 4.57. The van der Waals surface area contributed by atoms with Crippen molar-refractivity contribution in [1.29, 1.82) is 0 Å². The number of nitrogens with two attached hydrogens (primary N) is 1. The first kappa shape index (κ1) is 10.3. The zero-order valence-corrected chi connectivity index (χ0v) is 8.18. The second-order valence-electron chi connectivity index (χ2n) is 3.20. The van der Waals surface area contributed by atoms with Crippen LogP contribution in [0.4, 0.5) is 0 Å². The standard InChI is InChI=1S/C10H18N2O/c1-9-4-7-13-10(9)8-12-6-3-2-5-11/h4,7,12H,2-3,5-6,8,11H2,1H3. The van der Waals surface area contributed by atoms with Crippen molar-refractivity contribution < 1.29 is 4.42 Å². The molecule has 0 aromatic carbocycles. The van der Waals surface area contributed by atoms with Crippen molar-refractivity contribution in [2.45, 2.75) is 26.3 Å². The summed E-state index contributed by atoms with van der Waals surface area (Å²) in [5, 5.41) is 3.31. The number of furan rings is 1. The molecule has 0 atom stereocenters. The van der Waals surface area contributed by atoms with Crippen LogP contribution in [0.3, 0.4) is 0 Å². The minimum Gasteiger partial charge on any atom is -0.468 e. The normalized spacial score (nSPS) is 10.6. The maximum absolute atomic E-state index is 5.38. The Hall–Kier alpha value is -0.800. The maximum atomic E-state index is 5.38. The van der Waals surface area contributed by atoms with E-state index in [0.29, 0.717) is 0 Å². The molecule has 0 aliphatic rings. The highest BCUT2D eigenvalue weighted by Gasteiger charge is 1.99. The first-order valence-electron chi connectivity index (χ1n) is 4.78. The zero-order valence-electron chi connectivity index (χ0n) is 8.18. The fraction of sp³-hybridized carbons (Fsp3) is 0.600. The van der Waals surface area contributed by atoms with Crippen molar-refractivity contribution >= 4 is 0 Å². The molecule has 0 radical (unpaired) electrons. The van der Waals surface area contributed by atoms with Crippen molar-refractivity contribution in [2.24, 2.45) is 5.73 Å². The molecule has 3 heteroatoms. The minimum atomic E-state index is 0.779. The van der Waals surface area contributed by atoms with E-state index >= 15 is 0 Å². The lowest BCUT2D eigenvalue weighted by Gasteiger charge is -2.02. The average molecular weight is 182 g/mol.